The first-order chi connectivity index (χ1) is 8.00. The molecule has 0 unspecified atom stereocenters. The van der Waals surface area contributed by atoms with Crippen LogP contribution in [0.4, 0.5) is 13.6 Å². The van der Waals surface area contributed by atoms with E-state index in [-0.39, 0.29) is 16.6 Å². The van der Waals surface area contributed by atoms with Gasteiger partial charge in [0.1, 0.15) is 11.6 Å². The van der Waals surface area contributed by atoms with Crippen LogP contribution < -0.4 is 5.32 Å². The Morgan fingerprint density at radius 2 is 2.06 bits per heavy atom. The van der Waals surface area contributed by atoms with Crippen LogP contribution in [0.25, 0.3) is 0 Å². The number of nitrogens with zero attached hydrogens (tertiary/aromatic N) is 1. The standard InChI is InChI=1S/C10H7BrF2N2O2/c11-6-1-2-7(12)5(9(6)13)4-15-8(16)3-14-10(15)17/h1-2H,3-4H2,(H,14,17). The number of hydrogen-bond acceptors (Lipinski definition) is 2. The van der Waals surface area contributed by atoms with Gasteiger partial charge in [-0.15, -0.1) is 0 Å². The largest absolute Gasteiger partial charge is 0.329 e. The van der Waals surface area contributed by atoms with Crippen molar-refractivity contribution < 1.29 is 18.4 Å². The van der Waals surface area contributed by atoms with Crippen LogP contribution in [0.3, 0.4) is 0 Å². The van der Waals surface area contributed by atoms with Crippen molar-refractivity contribution in [2.75, 3.05) is 6.54 Å². The van der Waals surface area contributed by atoms with Gasteiger partial charge in [-0.3, -0.25) is 9.69 Å². The third-order valence-electron chi connectivity index (χ3n) is 2.39. The fraction of sp³-hybridized carbons (Fsp3) is 0.200. The molecule has 0 radical (unpaired) electrons. The van der Waals surface area contributed by atoms with Gasteiger partial charge < -0.3 is 5.32 Å². The zero-order valence-electron chi connectivity index (χ0n) is 8.47. The van der Waals surface area contributed by atoms with Crippen molar-refractivity contribution in [3.8, 4) is 0 Å². The van der Waals surface area contributed by atoms with Crippen LogP contribution in [0, 0.1) is 11.6 Å². The number of hydrogen-bond donors (Lipinski definition) is 1. The highest BCUT2D eigenvalue weighted by molar-refractivity contribution is 9.10. The number of rotatable bonds is 2. The molecule has 0 spiro atoms. The van der Waals surface area contributed by atoms with E-state index in [4.69, 9.17) is 0 Å². The molecule has 1 aromatic carbocycles. The monoisotopic (exact) mass is 304 g/mol. The first-order valence-electron chi connectivity index (χ1n) is 4.71. The Labute approximate surface area is 104 Å². The summed E-state index contributed by atoms with van der Waals surface area (Å²) in [4.78, 5) is 23.3. The molecule has 17 heavy (non-hydrogen) atoms. The van der Waals surface area contributed by atoms with Crippen LogP contribution in [0.15, 0.2) is 16.6 Å². The van der Waals surface area contributed by atoms with E-state index in [2.05, 4.69) is 21.2 Å². The Bertz CT molecular complexity index is 491. The number of carbonyl (C=O) groups is 2. The normalized spacial score (nSPS) is 15.4. The van der Waals surface area contributed by atoms with Gasteiger partial charge in [0.15, 0.2) is 0 Å². The van der Waals surface area contributed by atoms with Gasteiger partial charge in [0.05, 0.1) is 17.6 Å². The minimum absolute atomic E-state index is 0.0842. The van der Waals surface area contributed by atoms with Gasteiger partial charge in [-0.25, -0.2) is 13.6 Å². The first kappa shape index (κ1) is 12.0. The average Bonchev–Trinajstić information content (AvgIpc) is 2.60. The van der Waals surface area contributed by atoms with Crippen molar-refractivity contribution in [2.24, 2.45) is 0 Å². The molecule has 4 nitrogen and oxygen atoms in total. The van der Waals surface area contributed by atoms with Crippen LogP contribution in [-0.2, 0) is 11.3 Å². The SMILES string of the molecule is O=C1CNC(=O)N1Cc1c(F)ccc(Br)c1F. The molecule has 0 aromatic heterocycles. The maximum Gasteiger partial charge on any atom is 0.324 e. The summed E-state index contributed by atoms with van der Waals surface area (Å²) >= 11 is 2.91. The number of urea groups is 1. The number of carbonyl (C=O) groups excluding carboxylic acids is 2. The van der Waals surface area contributed by atoms with E-state index in [1.165, 1.54) is 6.07 Å². The summed E-state index contributed by atoms with van der Waals surface area (Å²) in [5.41, 5.74) is -0.315. The van der Waals surface area contributed by atoms with Gasteiger partial charge in [-0.1, -0.05) is 0 Å². The molecule has 0 aliphatic carbocycles. The van der Waals surface area contributed by atoms with Crippen LogP contribution in [0.1, 0.15) is 5.56 Å². The van der Waals surface area contributed by atoms with Gasteiger partial charge in [0.2, 0.25) is 5.91 Å². The second kappa shape index (κ2) is 4.40. The predicted molar refractivity (Wildman–Crippen MR) is 58.0 cm³/mol. The highest BCUT2D eigenvalue weighted by atomic mass is 79.9. The highest BCUT2D eigenvalue weighted by Gasteiger charge is 2.30. The second-order valence-corrected chi connectivity index (χ2v) is 4.31. The molecule has 2 rings (SSSR count). The Morgan fingerprint density at radius 1 is 1.35 bits per heavy atom. The Hall–Kier alpha value is -1.50. The lowest BCUT2D eigenvalue weighted by Crippen LogP contribution is -2.31. The topological polar surface area (TPSA) is 49.4 Å². The maximum absolute atomic E-state index is 13.6. The maximum atomic E-state index is 13.6. The smallest absolute Gasteiger partial charge is 0.324 e. The van der Waals surface area contributed by atoms with Crippen molar-refractivity contribution in [1.29, 1.82) is 0 Å². The zero-order valence-corrected chi connectivity index (χ0v) is 10.1. The third kappa shape index (κ3) is 2.14. The summed E-state index contributed by atoms with van der Waals surface area (Å²) in [5, 5.41) is 2.27. The van der Waals surface area contributed by atoms with Crippen molar-refractivity contribution in [1.82, 2.24) is 10.2 Å². The van der Waals surface area contributed by atoms with Crippen molar-refractivity contribution in [3.63, 3.8) is 0 Å². The quantitative estimate of drug-likeness (QED) is 0.669. The molecular weight excluding hydrogens is 298 g/mol. The highest BCUT2D eigenvalue weighted by Crippen LogP contribution is 2.23. The van der Waals surface area contributed by atoms with E-state index < -0.39 is 30.1 Å². The molecule has 0 atom stereocenters. The Balaban J connectivity index is 2.33. The lowest BCUT2D eigenvalue weighted by Gasteiger charge is -2.14. The van der Waals surface area contributed by atoms with Crippen LogP contribution in [0.5, 0.6) is 0 Å². The number of nitrogens with one attached hydrogen (secondary N) is 1. The van der Waals surface area contributed by atoms with Crippen LogP contribution in [-0.4, -0.2) is 23.4 Å². The molecule has 0 saturated carbocycles. The Kier molecular flexibility index (Phi) is 3.10. The summed E-state index contributed by atoms with van der Waals surface area (Å²) in [6.07, 6.45) is 0. The fourth-order valence-corrected chi connectivity index (χ4v) is 1.86. The van der Waals surface area contributed by atoms with Crippen molar-refractivity contribution >= 4 is 27.9 Å². The van der Waals surface area contributed by atoms with E-state index in [0.29, 0.717) is 0 Å². The van der Waals surface area contributed by atoms with Crippen LogP contribution in [0.2, 0.25) is 0 Å². The fourth-order valence-electron chi connectivity index (χ4n) is 1.49. The lowest BCUT2D eigenvalue weighted by atomic mass is 10.2. The molecule has 1 heterocycles. The molecule has 0 bridgehead atoms. The summed E-state index contributed by atoms with van der Waals surface area (Å²) < 4.78 is 27.1. The van der Waals surface area contributed by atoms with Gasteiger partial charge in [0.25, 0.3) is 0 Å². The average molecular weight is 305 g/mol. The van der Waals surface area contributed by atoms with Gasteiger partial charge in [-0.05, 0) is 28.1 Å². The van der Waals surface area contributed by atoms with E-state index in [1.54, 1.807) is 0 Å². The lowest BCUT2D eigenvalue weighted by molar-refractivity contribution is -0.125. The second-order valence-electron chi connectivity index (χ2n) is 3.46. The van der Waals surface area contributed by atoms with E-state index in [9.17, 15) is 18.4 Å². The van der Waals surface area contributed by atoms with Crippen molar-refractivity contribution in [3.05, 3.63) is 33.8 Å². The number of halogens is 3. The van der Waals surface area contributed by atoms with E-state index in [0.717, 1.165) is 11.0 Å². The molecule has 7 heteroatoms. The summed E-state index contributed by atoms with van der Waals surface area (Å²) in [6.45, 7) is -0.558. The molecular formula is C10H7BrF2N2O2. The summed E-state index contributed by atoms with van der Waals surface area (Å²) in [6, 6.07) is 1.65. The molecule has 1 aliphatic heterocycles. The van der Waals surface area contributed by atoms with Gasteiger partial charge >= 0.3 is 6.03 Å². The Morgan fingerprint density at radius 3 is 2.65 bits per heavy atom. The predicted octanol–water partition coefficient (Wildman–Crippen LogP) is 1.78. The van der Waals surface area contributed by atoms with Gasteiger partial charge in [-0.2, -0.15) is 0 Å². The number of amides is 3. The molecule has 3 amide bonds. The third-order valence-corrected chi connectivity index (χ3v) is 3.00. The minimum atomic E-state index is -0.808. The number of imide groups is 1. The van der Waals surface area contributed by atoms with E-state index >= 15 is 0 Å². The zero-order chi connectivity index (χ0) is 12.6. The molecule has 1 N–H and O–H groups in total. The van der Waals surface area contributed by atoms with E-state index in [1.807, 2.05) is 0 Å². The molecule has 1 fully saturated rings. The molecule has 1 aromatic rings. The van der Waals surface area contributed by atoms with Crippen LogP contribution >= 0.6 is 15.9 Å². The van der Waals surface area contributed by atoms with Gasteiger partial charge in [0, 0.05) is 5.56 Å². The minimum Gasteiger partial charge on any atom is -0.329 e. The number of benzene rings is 1. The van der Waals surface area contributed by atoms with Crippen molar-refractivity contribution in [2.45, 2.75) is 6.54 Å². The molecule has 1 aliphatic rings. The molecule has 90 valence electrons. The summed E-state index contributed by atoms with van der Waals surface area (Å²) in [5.74, 6) is -2.11. The molecule has 1 saturated heterocycles. The summed E-state index contributed by atoms with van der Waals surface area (Å²) in [7, 11) is 0. The first-order valence-corrected chi connectivity index (χ1v) is 5.50.